The quantitative estimate of drug-likeness (QED) is 0.779. The molecule has 2 N–H and O–H groups in total. The highest BCUT2D eigenvalue weighted by molar-refractivity contribution is 5.58. The van der Waals surface area contributed by atoms with E-state index in [9.17, 15) is 0 Å². The van der Waals surface area contributed by atoms with Gasteiger partial charge in [0, 0.05) is 12.1 Å². The number of nitrogens with zero attached hydrogens (tertiary/aromatic N) is 2. The molecule has 0 aliphatic heterocycles. The van der Waals surface area contributed by atoms with E-state index in [1.807, 2.05) is 23.0 Å². The molecule has 0 amide bonds. The first-order valence-corrected chi connectivity index (χ1v) is 5.66. The van der Waals surface area contributed by atoms with Gasteiger partial charge in [-0.3, -0.25) is 0 Å². The van der Waals surface area contributed by atoms with Crippen molar-refractivity contribution in [2.75, 3.05) is 5.73 Å². The van der Waals surface area contributed by atoms with Gasteiger partial charge >= 0.3 is 0 Å². The highest BCUT2D eigenvalue weighted by Gasteiger charge is 2.25. The molecule has 1 aliphatic carbocycles. The van der Waals surface area contributed by atoms with Crippen LogP contribution < -0.4 is 5.73 Å². The van der Waals surface area contributed by atoms with Crippen molar-refractivity contribution in [3.05, 3.63) is 41.7 Å². The third-order valence-corrected chi connectivity index (χ3v) is 3.04. The van der Waals surface area contributed by atoms with E-state index in [0.717, 1.165) is 11.4 Å². The maximum absolute atomic E-state index is 5.96. The molecule has 0 atom stereocenters. The number of aryl methyl sites for hydroxylation is 1. The number of anilines is 1. The molecule has 1 fully saturated rings. The summed E-state index contributed by atoms with van der Waals surface area (Å²) in [6, 6.07) is 8.12. The van der Waals surface area contributed by atoms with Crippen molar-refractivity contribution in [3.63, 3.8) is 0 Å². The van der Waals surface area contributed by atoms with E-state index >= 15 is 0 Å². The van der Waals surface area contributed by atoms with Crippen molar-refractivity contribution in [1.29, 1.82) is 0 Å². The summed E-state index contributed by atoms with van der Waals surface area (Å²) in [5.74, 6) is 0.687. The molecule has 1 aromatic carbocycles. The van der Waals surface area contributed by atoms with E-state index in [2.05, 4.69) is 24.2 Å². The van der Waals surface area contributed by atoms with Crippen LogP contribution in [-0.4, -0.2) is 9.78 Å². The molecule has 1 heterocycles. The van der Waals surface area contributed by atoms with Gasteiger partial charge in [-0.15, -0.1) is 0 Å². The molecule has 3 rings (SSSR count). The van der Waals surface area contributed by atoms with Crippen LogP contribution in [0.5, 0.6) is 0 Å². The van der Waals surface area contributed by atoms with E-state index in [1.54, 1.807) is 0 Å². The van der Waals surface area contributed by atoms with Gasteiger partial charge in [0.1, 0.15) is 0 Å². The minimum atomic E-state index is 0.687. The lowest BCUT2D eigenvalue weighted by Gasteiger charge is -2.06. The van der Waals surface area contributed by atoms with Crippen LogP contribution in [0.1, 0.15) is 30.0 Å². The Morgan fingerprint density at radius 3 is 2.88 bits per heavy atom. The highest BCUT2D eigenvalue weighted by atomic mass is 15.3. The molecule has 0 spiro atoms. The Morgan fingerprint density at radius 1 is 1.31 bits per heavy atom. The third-order valence-electron chi connectivity index (χ3n) is 3.04. The van der Waals surface area contributed by atoms with E-state index in [0.29, 0.717) is 5.92 Å². The average molecular weight is 213 g/mol. The van der Waals surface area contributed by atoms with Gasteiger partial charge in [0.2, 0.25) is 0 Å². The van der Waals surface area contributed by atoms with Crippen molar-refractivity contribution < 1.29 is 0 Å². The van der Waals surface area contributed by atoms with Gasteiger partial charge in [0.15, 0.2) is 0 Å². The second-order valence-corrected chi connectivity index (χ2v) is 4.52. The first-order chi connectivity index (χ1) is 7.74. The molecule has 1 saturated carbocycles. The maximum atomic E-state index is 5.96. The minimum absolute atomic E-state index is 0.687. The fraction of sp³-hybridized carbons (Fsp3) is 0.308. The first kappa shape index (κ1) is 9.46. The van der Waals surface area contributed by atoms with E-state index in [1.165, 1.54) is 24.1 Å². The van der Waals surface area contributed by atoms with Crippen molar-refractivity contribution in [2.45, 2.75) is 25.7 Å². The van der Waals surface area contributed by atoms with Crippen molar-refractivity contribution in [1.82, 2.24) is 9.78 Å². The van der Waals surface area contributed by atoms with Crippen LogP contribution in [0.15, 0.2) is 30.5 Å². The topological polar surface area (TPSA) is 43.8 Å². The van der Waals surface area contributed by atoms with Gasteiger partial charge in [-0.05, 0) is 43.5 Å². The van der Waals surface area contributed by atoms with Crippen LogP contribution in [-0.2, 0) is 0 Å². The summed E-state index contributed by atoms with van der Waals surface area (Å²) in [4.78, 5) is 0. The van der Waals surface area contributed by atoms with E-state index in [4.69, 9.17) is 5.73 Å². The molecule has 3 nitrogen and oxygen atoms in total. The molecule has 0 unspecified atom stereocenters. The lowest BCUT2D eigenvalue weighted by Crippen LogP contribution is -2.01. The summed E-state index contributed by atoms with van der Waals surface area (Å²) in [5.41, 5.74) is 10.1. The van der Waals surface area contributed by atoms with Gasteiger partial charge in [-0.1, -0.05) is 6.07 Å². The Morgan fingerprint density at radius 2 is 2.12 bits per heavy atom. The number of benzene rings is 1. The number of hydrogen-bond acceptors (Lipinski definition) is 2. The van der Waals surface area contributed by atoms with E-state index in [-0.39, 0.29) is 0 Å². The predicted molar refractivity (Wildman–Crippen MR) is 64.7 cm³/mol. The van der Waals surface area contributed by atoms with Crippen molar-refractivity contribution in [2.24, 2.45) is 0 Å². The Kier molecular flexibility index (Phi) is 1.99. The number of nitrogens with two attached hydrogens (primary N) is 1. The molecule has 2 aromatic rings. The molecule has 3 heteroatoms. The second-order valence-electron chi connectivity index (χ2n) is 4.52. The third kappa shape index (κ3) is 1.58. The summed E-state index contributed by atoms with van der Waals surface area (Å²) in [5, 5.41) is 4.58. The number of rotatable bonds is 2. The minimum Gasteiger partial charge on any atom is -0.397 e. The fourth-order valence-corrected chi connectivity index (χ4v) is 1.92. The van der Waals surface area contributed by atoms with Crippen LogP contribution in [0.2, 0.25) is 0 Å². The molecular weight excluding hydrogens is 198 g/mol. The highest BCUT2D eigenvalue weighted by Crippen LogP contribution is 2.39. The Labute approximate surface area is 94.9 Å². The zero-order chi connectivity index (χ0) is 11.1. The summed E-state index contributed by atoms with van der Waals surface area (Å²) >= 11 is 0. The maximum Gasteiger partial charge on any atom is 0.0877 e. The van der Waals surface area contributed by atoms with Crippen LogP contribution in [0.25, 0.3) is 5.69 Å². The molecular formula is C13H15N3. The van der Waals surface area contributed by atoms with Gasteiger partial charge in [0.05, 0.1) is 17.1 Å². The molecule has 0 bridgehead atoms. The van der Waals surface area contributed by atoms with Crippen LogP contribution >= 0.6 is 0 Å². The zero-order valence-electron chi connectivity index (χ0n) is 9.35. The Hall–Kier alpha value is -1.77. The lowest BCUT2D eigenvalue weighted by molar-refractivity contribution is 0.838. The number of nitrogen functional groups attached to an aromatic ring is 1. The predicted octanol–water partition coefficient (Wildman–Crippen LogP) is 2.64. The van der Waals surface area contributed by atoms with Gasteiger partial charge in [-0.25, -0.2) is 4.68 Å². The lowest BCUT2D eigenvalue weighted by atomic mass is 10.2. The molecule has 82 valence electrons. The van der Waals surface area contributed by atoms with Crippen LogP contribution in [0.3, 0.4) is 0 Å². The standard InChI is InChI=1S/C13H15N3/c1-9-2-5-11(14)13(8-9)16-7-6-12(15-16)10-3-4-10/h2,5-8,10H,3-4,14H2,1H3. The first-order valence-electron chi connectivity index (χ1n) is 5.66. The number of aromatic nitrogens is 2. The summed E-state index contributed by atoms with van der Waals surface area (Å²) in [6.45, 7) is 2.06. The largest absolute Gasteiger partial charge is 0.397 e. The van der Waals surface area contributed by atoms with Gasteiger partial charge in [-0.2, -0.15) is 5.10 Å². The summed E-state index contributed by atoms with van der Waals surface area (Å²) in [7, 11) is 0. The Balaban J connectivity index is 2.03. The van der Waals surface area contributed by atoms with Crippen LogP contribution in [0, 0.1) is 6.92 Å². The van der Waals surface area contributed by atoms with Crippen LogP contribution in [0.4, 0.5) is 5.69 Å². The van der Waals surface area contributed by atoms with Gasteiger partial charge in [0.25, 0.3) is 0 Å². The normalized spacial score (nSPS) is 15.3. The second kappa shape index (κ2) is 3.37. The van der Waals surface area contributed by atoms with E-state index < -0.39 is 0 Å². The molecule has 0 radical (unpaired) electrons. The molecule has 1 aliphatic rings. The smallest absolute Gasteiger partial charge is 0.0877 e. The molecule has 16 heavy (non-hydrogen) atoms. The van der Waals surface area contributed by atoms with Gasteiger partial charge < -0.3 is 5.73 Å². The summed E-state index contributed by atoms with van der Waals surface area (Å²) in [6.07, 6.45) is 4.55. The summed E-state index contributed by atoms with van der Waals surface area (Å²) < 4.78 is 1.88. The monoisotopic (exact) mass is 213 g/mol. The number of hydrogen-bond donors (Lipinski definition) is 1. The van der Waals surface area contributed by atoms with Crippen molar-refractivity contribution >= 4 is 5.69 Å². The molecule has 1 aromatic heterocycles. The van der Waals surface area contributed by atoms with Crippen molar-refractivity contribution in [3.8, 4) is 5.69 Å². The SMILES string of the molecule is Cc1ccc(N)c(-n2ccc(C3CC3)n2)c1. The Bertz CT molecular complexity index is 524. The fourth-order valence-electron chi connectivity index (χ4n) is 1.92. The average Bonchev–Trinajstić information content (AvgIpc) is 3.01. The zero-order valence-corrected chi connectivity index (χ0v) is 9.35. The molecule has 0 saturated heterocycles.